The van der Waals surface area contributed by atoms with Gasteiger partial charge in [0.1, 0.15) is 6.34 Å². The van der Waals surface area contributed by atoms with Gasteiger partial charge in [0.2, 0.25) is 0 Å². The first kappa shape index (κ1) is 15.4. The molecule has 1 aromatic carbocycles. The van der Waals surface area contributed by atoms with Gasteiger partial charge < -0.3 is 10.4 Å². The van der Waals surface area contributed by atoms with Crippen molar-refractivity contribution in [3.8, 4) is 0 Å². The predicted octanol–water partition coefficient (Wildman–Crippen LogP) is 1.23. The number of nitrogens with two attached hydrogens (primary N) is 1. The molecule has 0 spiro atoms. The van der Waals surface area contributed by atoms with E-state index in [0.717, 1.165) is 25.1 Å². The molecule has 1 heterocycles. The fourth-order valence-corrected chi connectivity index (χ4v) is 2.15. The molecule has 2 rings (SSSR count). The van der Waals surface area contributed by atoms with Gasteiger partial charge in [-0.3, -0.25) is 5.01 Å². The summed E-state index contributed by atoms with van der Waals surface area (Å²) in [6.45, 7) is 6.24. The number of aliphatic imine (C=N–C) groups is 1. The standard InChI is InChI=1S/C16H22N4O/c1-13(19-12-20(17)10-11-21)14-2-4-15(5-3-14)16-6-8-18-9-7-16/h2-6,12,18,21H,1,7-11,17H2. The molecule has 112 valence electrons. The van der Waals surface area contributed by atoms with Crippen LogP contribution >= 0.6 is 0 Å². The number of hydrogen-bond acceptors (Lipinski definition) is 4. The fraction of sp³-hybridized carbons (Fsp3) is 0.312. The van der Waals surface area contributed by atoms with Crippen LogP contribution in [0.1, 0.15) is 17.5 Å². The van der Waals surface area contributed by atoms with E-state index < -0.39 is 0 Å². The molecule has 0 unspecified atom stereocenters. The van der Waals surface area contributed by atoms with E-state index in [9.17, 15) is 0 Å². The van der Waals surface area contributed by atoms with Crippen molar-refractivity contribution >= 4 is 17.6 Å². The van der Waals surface area contributed by atoms with Crippen LogP contribution in [0, 0.1) is 0 Å². The minimum atomic E-state index is -0.00629. The molecule has 0 saturated carbocycles. The maximum absolute atomic E-state index is 8.76. The number of rotatable bonds is 6. The monoisotopic (exact) mass is 286 g/mol. The maximum atomic E-state index is 8.76. The largest absolute Gasteiger partial charge is 0.394 e. The van der Waals surface area contributed by atoms with Gasteiger partial charge in [0, 0.05) is 6.54 Å². The average Bonchev–Trinajstić information content (AvgIpc) is 2.54. The Bertz CT molecular complexity index is 534. The molecule has 0 amide bonds. The number of hydrazine groups is 1. The Labute approximate surface area is 125 Å². The smallest absolute Gasteiger partial charge is 0.105 e. The molecular weight excluding hydrogens is 264 g/mol. The second kappa shape index (κ2) is 7.73. The highest BCUT2D eigenvalue weighted by molar-refractivity contribution is 5.73. The van der Waals surface area contributed by atoms with Crippen molar-refractivity contribution in [1.82, 2.24) is 10.3 Å². The first-order valence-corrected chi connectivity index (χ1v) is 7.06. The van der Waals surface area contributed by atoms with Crippen LogP contribution < -0.4 is 11.2 Å². The zero-order chi connectivity index (χ0) is 15.1. The quantitative estimate of drug-likeness (QED) is 0.318. The van der Waals surface area contributed by atoms with Crippen LogP contribution in [0.4, 0.5) is 0 Å². The lowest BCUT2D eigenvalue weighted by molar-refractivity contribution is 0.254. The van der Waals surface area contributed by atoms with Gasteiger partial charge in [-0.25, -0.2) is 10.8 Å². The second-order valence-corrected chi connectivity index (χ2v) is 4.91. The minimum Gasteiger partial charge on any atom is -0.394 e. The Morgan fingerprint density at radius 3 is 2.81 bits per heavy atom. The summed E-state index contributed by atoms with van der Waals surface area (Å²) >= 11 is 0. The highest BCUT2D eigenvalue weighted by Crippen LogP contribution is 2.22. The highest BCUT2D eigenvalue weighted by Gasteiger charge is 2.06. The molecule has 1 aliphatic heterocycles. The number of nitrogens with one attached hydrogen (secondary N) is 1. The molecule has 1 aliphatic rings. The SMILES string of the molecule is C=C(N=CN(N)CCO)c1ccc(C2=CCNCC2)cc1. The van der Waals surface area contributed by atoms with Gasteiger partial charge in [-0.15, -0.1) is 0 Å². The molecular formula is C16H22N4O. The molecule has 5 heteroatoms. The Kier molecular flexibility index (Phi) is 5.68. The summed E-state index contributed by atoms with van der Waals surface area (Å²) in [5.74, 6) is 5.60. The van der Waals surface area contributed by atoms with Gasteiger partial charge in [-0.1, -0.05) is 36.9 Å². The van der Waals surface area contributed by atoms with Crippen molar-refractivity contribution in [3.05, 3.63) is 48.0 Å². The molecule has 0 aliphatic carbocycles. The zero-order valence-electron chi connectivity index (χ0n) is 12.1. The Morgan fingerprint density at radius 2 is 2.19 bits per heavy atom. The molecule has 0 atom stereocenters. The average molecular weight is 286 g/mol. The lowest BCUT2D eigenvalue weighted by atomic mass is 9.99. The van der Waals surface area contributed by atoms with Crippen molar-refractivity contribution in [2.45, 2.75) is 6.42 Å². The lowest BCUT2D eigenvalue weighted by Crippen LogP contribution is -2.32. The minimum absolute atomic E-state index is 0.00629. The van der Waals surface area contributed by atoms with E-state index in [2.05, 4.69) is 35.1 Å². The third-order valence-electron chi connectivity index (χ3n) is 3.37. The molecule has 5 nitrogen and oxygen atoms in total. The van der Waals surface area contributed by atoms with E-state index in [-0.39, 0.29) is 6.61 Å². The van der Waals surface area contributed by atoms with Crippen LogP contribution in [0.15, 0.2) is 41.9 Å². The molecule has 0 aromatic heterocycles. The van der Waals surface area contributed by atoms with Crippen LogP contribution in [-0.2, 0) is 0 Å². The van der Waals surface area contributed by atoms with Crippen molar-refractivity contribution in [1.29, 1.82) is 0 Å². The van der Waals surface area contributed by atoms with E-state index in [0.29, 0.717) is 12.2 Å². The summed E-state index contributed by atoms with van der Waals surface area (Å²) < 4.78 is 0. The van der Waals surface area contributed by atoms with Gasteiger partial charge in [0.05, 0.1) is 18.8 Å². The van der Waals surface area contributed by atoms with E-state index in [1.807, 2.05) is 12.1 Å². The predicted molar refractivity (Wildman–Crippen MR) is 87.4 cm³/mol. The summed E-state index contributed by atoms with van der Waals surface area (Å²) in [6.07, 6.45) is 4.76. The molecule has 0 radical (unpaired) electrons. The number of benzene rings is 1. The molecule has 1 aromatic rings. The van der Waals surface area contributed by atoms with E-state index >= 15 is 0 Å². The van der Waals surface area contributed by atoms with Crippen LogP contribution in [0.25, 0.3) is 11.3 Å². The Hall–Kier alpha value is -1.95. The zero-order valence-corrected chi connectivity index (χ0v) is 12.1. The lowest BCUT2D eigenvalue weighted by Gasteiger charge is -2.14. The second-order valence-electron chi connectivity index (χ2n) is 4.91. The van der Waals surface area contributed by atoms with Gasteiger partial charge in [0.15, 0.2) is 0 Å². The molecule has 21 heavy (non-hydrogen) atoms. The Morgan fingerprint density at radius 1 is 1.43 bits per heavy atom. The van der Waals surface area contributed by atoms with E-state index in [4.69, 9.17) is 10.9 Å². The van der Waals surface area contributed by atoms with Crippen LogP contribution in [0.2, 0.25) is 0 Å². The van der Waals surface area contributed by atoms with Crippen molar-refractivity contribution in [2.24, 2.45) is 10.8 Å². The first-order chi connectivity index (χ1) is 10.2. The van der Waals surface area contributed by atoms with Crippen molar-refractivity contribution in [3.63, 3.8) is 0 Å². The van der Waals surface area contributed by atoms with Crippen LogP contribution in [-0.4, -0.2) is 42.7 Å². The maximum Gasteiger partial charge on any atom is 0.105 e. The summed E-state index contributed by atoms with van der Waals surface area (Å²) in [6, 6.07) is 8.23. The van der Waals surface area contributed by atoms with Gasteiger partial charge >= 0.3 is 0 Å². The van der Waals surface area contributed by atoms with Crippen LogP contribution in [0.5, 0.6) is 0 Å². The fourth-order valence-electron chi connectivity index (χ4n) is 2.15. The van der Waals surface area contributed by atoms with Crippen LogP contribution in [0.3, 0.4) is 0 Å². The van der Waals surface area contributed by atoms with Gasteiger partial charge in [-0.05, 0) is 29.7 Å². The summed E-state index contributed by atoms with van der Waals surface area (Å²) in [7, 11) is 0. The third kappa shape index (κ3) is 4.53. The summed E-state index contributed by atoms with van der Waals surface area (Å²) in [5.41, 5.74) is 4.24. The Balaban J connectivity index is 2.01. The topological polar surface area (TPSA) is 73.9 Å². The number of nitrogens with zero attached hydrogens (tertiary/aromatic N) is 2. The molecule has 4 N–H and O–H groups in total. The normalized spacial score (nSPS) is 15.0. The first-order valence-electron chi connectivity index (χ1n) is 7.06. The van der Waals surface area contributed by atoms with E-state index in [1.54, 1.807) is 0 Å². The van der Waals surface area contributed by atoms with Gasteiger partial charge in [-0.2, -0.15) is 0 Å². The highest BCUT2D eigenvalue weighted by atomic mass is 16.3. The van der Waals surface area contributed by atoms with Gasteiger partial charge in [0.25, 0.3) is 0 Å². The molecule has 0 saturated heterocycles. The number of hydrogen-bond donors (Lipinski definition) is 3. The summed E-state index contributed by atoms with van der Waals surface area (Å²) in [4.78, 5) is 4.20. The third-order valence-corrected chi connectivity index (χ3v) is 3.37. The summed E-state index contributed by atoms with van der Waals surface area (Å²) in [5, 5.41) is 13.4. The number of aliphatic hydroxyl groups is 1. The van der Waals surface area contributed by atoms with Crippen molar-refractivity contribution < 1.29 is 5.11 Å². The number of aliphatic hydroxyl groups excluding tert-OH is 1. The molecule has 0 bridgehead atoms. The molecule has 0 fully saturated rings. The van der Waals surface area contributed by atoms with E-state index in [1.165, 1.54) is 22.5 Å². The van der Waals surface area contributed by atoms with Crippen molar-refractivity contribution in [2.75, 3.05) is 26.2 Å².